The second-order valence-electron chi connectivity index (χ2n) is 4.00. The summed E-state index contributed by atoms with van der Waals surface area (Å²) in [6.45, 7) is 9.04. The first-order valence-electron chi connectivity index (χ1n) is 5.04. The van der Waals surface area contributed by atoms with Gasteiger partial charge in [-0.3, -0.25) is 0 Å². The van der Waals surface area contributed by atoms with E-state index in [2.05, 4.69) is 26.1 Å². The Hall–Kier alpha value is -0.120. The normalized spacial score (nSPS) is 16.2. The van der Waals surface area contributed by atoms with Gasteiger partial charge in [-0.2, -0.15) is 0 Å². The fraction of sp³-hybridized carbons (Fsp3) is 1.00. The molecular weight excluding hydrogens is 164 g/mol. The number of nitrogens with one attached hydrogen (secondary N) is 1. The van der Waals surface area contributed by atoms with Gasteiger partial charge in [-0.05, 0) is 31.8 Å². The van der Waals surface area contributed by atoms with Crippen LogP contribution in [0.1, 0.15) is 20.8 Å². The molecule has 0 heterocycles. The summed E-state index contributed by atoms with van der Waals surface area (Å²) in [4.78, 5) is 0. The summed E-state index contributed by atoms with van der Waals surface area (Å²) < 4.78 is 5.04. The van der Waals surface area contributed by atoms with Crippen molar-refractivity contribution in [2.75, 3.05) is 26.8 Å². The van der Waals surface area contributed by atoms with Crippen molar-refractivity contribution in [1.82, 2.24) is 5.32 Å². The number of nitrogens with two attached hydrogens (primary N) is 1. The van der Waals surface area contributed by atoms with Gasteiger partial charge in [-0.25, -0.2) is 0 Å². The van der Waals surface area contributed by atoms with Gasteiger partial charge in [0, 0.05) is 13.2 Å². The quantitative estimate of drug-likeness (QED) is 0.622. The van der Waals surface area contributed by atoms with Gasteiger partial charge < -0.3 is 15.8 Å². The van der Waals surface area contributed by atoms with Crippen LogP contribution in [0.4, 0.5) is 0 Å². The van der Waals surface area contributed by atoms with Crippen molar-refractivity contribution < 1.29 is 4.74 Å². The van der Waals surface area contributed by atoms with Crippen LogP contribution in [0.15, 0.2) is 0 Å². The SMILES string of the molecule is COCC(C)NCC(CN)C(C)C. The zero-order valence-corrected chi connectivity index (χ0v) is 9.34. The lowest BCUT2D eigenvalue weighted by atomic mass is 9.96. The molecule has 13 heavy (non-hydrogen) atoms. The second-order valence-corrected chi connectivity index (χ2v) is 4.00. The fourth-order valence-corrected chi connectivity index (χ4v) is 1.25. The number of hydrogen-bond donors (Lipinski definition) is 2. The van der Waals surface area contributed by atoms with E-state index in [9.17, 15) is 0 Å². The number of rotatable bonds is 7. The molecule has 0 fully saturated rings. The minimum atomic E-state index is 0.415. The third kappa shape index (κ3) is 6.02. The molecule has 0 aromatic rings. The van der Waals surface area contributed by atoms with Gasteiger partial charge in [0.15, 0.2) is 0 Å². The van der Waals surface area contributed by atoms with Gasteiger partial charge in [0.25, 0.3) is 0 Å². The molecule has 0 saturated heterocycles. The van der Waals surface area contributed by atoms with Crippen LogP contribution in [0.3, 0.4) is 0 Å². The van der Waals surface area contributed by atoms with Crippen LogP contribution in [0.5, 0.6) is 0 Å². The largest absolute Gasteiger partial charge is 0.383 e. The molecule has 0 rings (SSSR count). The van der Waals surface area contributed by atoms with Gasteiger partial charge >= 0.3 is 0 Å². The predicted octanol–water partition coefficient (Wildman–Crippen LogP) is 0.842. The average molecular weight is 188 g/mol. The lowest BCUT2D eigenvalue weighted by molar-refractivity contribution is 0.168. The van der Waals surface area contributed by atoms with E-state index < -0.39 is 0 Å². The summed E-state index contributed by atoms with van der Waals surface area (Å²) in [5, 5.41) is 3.41. The first-order chi connectivity index (χ1) is 6.11. The molecule has 0 aromatic carbocycles. The first-order valence-corrected chi connectivity index (χ1v) is 5.04. The molecule has 0 aliphatic heterocycles. The summed E-state index contributed by atoms with van der Waals surface area (Å²) in [5.41, 5.74) is 5.66. The van der Waals surface area contributed by atoms with Crippen LogP contribution in [-0.2, 0) is 4.74 Å². The van der Waals surface area contributed by atoms with Crippen LogP contribution in [0.25, 0.3) is 0 Å². The Kier molecular flexibility index (Phi) is 7.23. The molecule has 2 atom stereocenters. The smallest absolute Gasteiger partial charge is 0.0613 e. The van der Waals surface area contributed by atoms with Crippen molar-refractivity contribution in [3.05, 3.63) is 0 Å². The molecule has 0 spiro atoms. The third-order valence-electron chi connectivity index (χ3n) is 2.39. The highest BCUT2D eigenvalue weighted by Gasteiger charge is 2.11. The van der Waals surface area contributed by atoms with Gasteiger partial charge in [0.1, 0.15) is 0 Å². The van der Waals surface area contributed by atoms with Gasteiger partial charge in [-0.1, -0.05) is 13.8 Å². The maximum absolute atomic E-state index is 5.66. The molecule has 2 unspecified atom stereocenters. The maximum Gasteiger partial charge on any atom is 0.0613 e. The predicted molar refractivity (Wildman–Crippen MR) is 56.7 cm³/mol. The minimum absolute atomic E-state index is 0.415. The standard InChI is InChI=1S/C10H24N2O/c1-8(2)10(5-11)6-12-9(3)7-13-4/h8-10,12H,5-7,11H2,1-4H3. The Morgan fingerprint density at radius 3 is 2.31 bits per heavy atom. The molecule has 0 saturated carbocycles. The summed E-state index contributed by atoms with van der Waals surface area (Å²) in [7, 11) is 1.72. The molecule has 0 radical (unpaired) electrons. The highest BCUT2D eigenvalue weighted by Crippen LogP contribution is 2.07. The number of methoxy groups -OCH3 is 1. The van der Waals surface area contributed by atoms with Crippen molar-refractivity contribution in [2.24, 2.45) is 17.6 Å². The molecule has 3 N–H and O–H groups in total. The van der Waals surface area contributed by atoms with Gasteiger partial charge in [-0.15, -0.1) is 0 Å². The van der Waals surface area contributed by atoms with Crippen LogP contribution in [0.2, 0.25) is 0 Å². The first kappa shape index (κ1) is 12.9. The highest BCUT2D eigenvalue weighted by molar-refractivity contribution is 4.69. The Morgan fingerprint density at radius 1 is 1.31 bits per heavy atom. The third-order valence-corrected chi connectivity index (χ3v) is 2.39. The van der Waals surface area contributed by atoms with E-state index >= 15 is 0 Å². The minimum Gasteiger partial charge on any atom is -0.383 e. The Bertz CT molecular complexity index is 117. The maximum atomic E-state index is 5.66. The van der Waals surface area contributed by atoms with Gasteiger partial charge in [0.05, 0.1) is 6.61 Å². The average Bonchev–Trinajstić information content (AvgIpc) is 2.05. The van der Waals surface area contributed by atoms with E-state index in [1.54, 1.807) is 7.11 Å². The van der Waals surface area contributed by atoms with Crippen LogP contribution in [0, 0.1) is 11.8 Å². The molecular formula is C10H24N2O. The second kappa shape index (κ2) is 7.30. The Labute approximate surface area is 82.0 Å². The number of hydrogen-bond acceptors (Lipinski definition) is 3. The van der Waals surface area contributed by atoms with E-state index in [-0.39, 0.29) is 0 Å². The molecule has 3 nitrogen and oxygen atoms in total. The van der Waals surface area contributed by atoms with Crippen LogP contribution >= 0.6 is 0 Å². The van der Waals surface area contributed by atoms with Crippen LogP contribution < -0.4 is 11.1 Å². The van der Waals surface area contributed by atoms with Crippen LogP contribution in [-0.4, -0.2) is 32.8 Å². The molecule has 0 aliphatic rings. The molecule has 0 bridgehead atoms. The summed E-state index contributed by atoms with van der Waals surface area (Å²) in [5.74, 6) is 1.21. The monoisotopic (exact) mass is 188 g/mol. The zero-order chi connectivity index (χ0) is 10.3. The zero-order valence-electron chi connectivity index (χ0n) is 9.34. The molecule has 0 aliphatic carbocycles. The van der Waals surface area contributed by atoms with E-state index in [0.29, 0.717) is 17.9 Å². The Morgan fingerprint density at radius 2 is 1.92 bits per heavy atom. The fourth-order valence-electron chi connectivity index (χ4n) is 1.25. The van der Waals surface area contributed by atoms with Crippen molar-refractivity contribution in [3.8, 4) is 0 Å². The topological polar surface area (TPSA) is 47.3 Å². The lowest BCUT2D eigenvalue weighted by Gasteiger charge is -2.21. The molecule has 0 aromatic heterocycles. The van der Waals surface area contributed by atoms with Crippen molar-refractivity contribution in [2.45, 2.75) is 26.8 Å². The number of ether oxygens (including phenoxy) is 1. The van der Waals surface area contributed by atoms with E-state index in [0.717, 1.165) is 19.7 Å². The molecule has 80 valence electrons. The highest BCUT2D eigenvalue weighted by atomic mass is 16.5. The van der Waals surface area contributed by atoms with Gasteiger partial charge in [0.2, 0.25) is 0 Å². The summed E-state index contributed by atoms with van der Waals surface area (Å²) in [6.07, 6.45) is 0. The summed E-state index contributed by atoms with van der Waals surface area (Å²) in [6, 6.07) is 0.415. The van der Waals surface area contributed by atoms with Crippen molar-refractivity contribution in [3.63, 3.8) is 0 Å². The van der Waals surface area contributed by atoms with Crippen molar-refractivity contribution in [1.29, 1.82) is 0 Å². The summed E-state index contributed by atoms with van der Waals surface area (Å²) >= 11 is 0. The molecule has 0 amide bonds. The van der Waals surface area contributed by atoms with E-state index in [1.165, 1.54) is 0 Å². The lowest BCUT2D eigenvalue weighted by Crippen LogP contribution is -2.38. The van der Waals surface area contributed by atoms with Crippen molar-refractivity contribution >= 4 is 0 Å². The van der Waals surface area contributed by atoms with E-state index in [4.69, 9.17) is 10.5 Å². The molecule has 3 heteroatoms. The van der Waals surface area contributed by atoms with E-state index in [1.807, 2.05) is 0 Å². The Balaban J connectivity index is 3.59.